The largest absolute Gasteiger partial charge is 0.487 e. The van der Waals surface area contributed by atoms with Crippen molar-refractivity contribution < 1.29 is 14.6 Å². The third-order valence-electron chi connectivity index (χ3n) is 3.47. The van der Waals surface area contributed by atoms with Gasteiger partial charge in [0.1, 0.15) is 11.9 Å². The summed E-state index contributed by atoms with van der Waals surface area (Å²) in [6.07, 6.45) is -0.533. The summed E-state index contributed by atoms with van der Waals surface area (Å²) in [6, 6.07) is 13.5. The third kappa shape index (κ3) is 2.81. The molecule has 1 aliphatic rings. The SMILES string of the molecule is O=C(O)NCC1Cc2cccc(-c3ccccc3Cl)c2O1. The van der Waals surface area contributed by atoms with Crippen molar-refractivity contribution in [3.05, 3.63) is 53.1 Å². The molecule has 0 saturated heterocycles. The van der Waals surface area contributed by atoms with Gasteiger partial charge in [-0.3, -0.25) is 0 Å². The number of carbonyl (C=O) groups is 1. The lowest BCUT2D eigenvalue weighted by Gasteiger charge is -2.13. The van der Waals surface area contributed by atoms with E-state index in [4.69, 9.17) is 21.4 Å². The first-order chi connectivity index (χ1) is 10.1. The maximum Gasteiger partial charge on any atom is 0.404 e. The molecule has 5 heteroatoms. The lowest BCUT2D eigenvalue weighted by Crippen LogP contribution is -2.33. The summed E-state index contributed by atoms with van der Waals surface area (Å²) in [5, 5.41) is 11.7. The lowest BCUT2D eigenvalue weighted by molar-refractivity contribution is 0.181. The number of benzene rings is 2. The van der Waals surface area contributed by atoms with E-state index in [2.05, 4.69) is 5.32 Å². The van der Waals surface area contributed by atoms with E-state index in [1.807, 2.05) is 42.5 Å². The number of para-hydroxylation sites is 1. The van der Waals surface area contributed by atoms with Gasteiger partial charge in [0, 0.05) is 22.6 Å². The van der Waals surface area contributed by atoms with Crippen LogP contribution in [0.2, 0.25) is 5.02 Å². The van der Waals surface area contributed by atoms with Crippen LogP contribution in [0.1, 0.15) is 5.56 Å². The second kappa shape index (κ2) is 5.66. The molecule has 2 aromatic rings. The molecule has 1 aliphatic heterocycles. The average Bonchev–Trinajstić information content (AvgIpc) is 2.88. The molecule has 1 heterocycles. The first-order valence-electron chi connectivity index (χ1n) is 6.65. The molecule has 3 rings (SSSR count). The first kappa shape index (κ1) is 13.8. The van der Waals surface area contributed by atoms with E-state index in [0.717, 1.165) is 22.4 Å². The topological polar surface area (TPSA) is 58.6 Å². The van der Waals surface area contributed by atoms with E-state index < -0.39 is 6.09 Å². The van der Waals surface area contributed by atoms with Crippen LogP contribution < -0.4 is 10.1 Å². The second-order valence-electron chi connectivity index (χ2n) is 4.90. The van der Waals surface area contributed by atoms with Crippen LogP contribution >= 0.6 is 11.6 Å². The van der Waals surface area contributed by atoms with Crippen LogP contribution in [0.15, 0.2) is 42.5 Å². The number of amides is 1. The predicted octanol–water partition coefficient (Wildman–Crippen LogP) is 3.58. The van der Waals surface area contributed by atoms with Gasteiger partial charge in [-0.2, -0.15) is 0 Å². The van der Waals surface area contributed by atoms with Crippen molar-refractivity contribution in [2.24, 2.45) is 0 Å². The van der Waals surface area contributed by atoms with Gasteiger partial charge in [-0.05, 0) is 11.6 Å². The maximum atomic E-state index is 10.6. The summed E-state index contributed by atoms with van der Waals surface area (Å²) < 4.78 is 5.91. The number of rotatable bonds is 3. The van der Waals surface area contributed by atoms with Crippen molar-refractivity contribution >= 4 is 17.7 Å². The van der Waals surface area contributed by atoms with Crippen molar-refractivity contribution in [3.63, 3.8) is 0 Å². The molecule has 0 saturated carbocycles. The molecule has 4 nitrogen and oxygen atoms in total. The number of carboxylic acid groups (broad SMARTS) is 1. The quantitative estimate of drug-likeness (QED) is 0.911. The molecule has 1 amide bonds. The smallest absolute Gasteiger partial charge is 0.404 e. The van der Waals surface area contributed by atoms with Gasteiger partial charge in [0.05, 0.1) is 6.54 Å². The number of hydrogen-bond donors (Lipinski definition) is 2. The molecule has 108 valence electrons. The zero-order chi connectivity index (χ0) is 14.8. The van der Waals surface area contributed by atoms with Crippen molar-refractivity contribution in [2.45, 2.75) is 12.5 Å². The molecule has 0 aromatic heterocycles. The fraction of sp³-hybridized carbons (Fsp3) is 0.188. The maximum absolute atomic E-state index is 10.6. The van der Waals surface area contributed by atoms with Gasteiger partial charge < -0.3 is 15.2 Å². The van der Waals surface area contributed by atoms with Gasteiger partial charge in [-0.1, -0.05) is 48.0 Å². The van der Waals surface area contributed by atoms with Crippen LogP contribution in [0.3, 0.4) is 0 Å². The van der Waals surface area contributed by atoms with Crippen LogP contribution in [-0.4, -0.2) is 23.8 Å². The highest BCUT2D eigenvalue weighted by molar-refractivity contribution is 6.33. The van der Waals surface area contributed by atoms with E-state index in [-0.39, 0.29) is 12.6 Å². The number of hydrogen-bond acceptors (Lipinski definition) is 2. The summed E-state index contributed by atoms with van der Waals surface area (Å²) in [5.41, 5.74) is 2.93. The molecule has 0 spiro atoms. The van der Waals surface area contributed by atoms with Crippen LogP contribution in [0.5, 0.6) is 5.75 Å². The lowest BCUT2D eigenvalue weighted by atomic mass is 10.0. The highest BCUT2D eigenvalue weighted by Crippen LogP contribution is 2.40. The molecule has 1 atom stereocenters. The molecule has 0 aliphatic carbocycles. The van der Waals surface area contributed by atoms with Crippen LogP contribution in [-0.2, 0) is 6.42 Å². The zero-order valence-corrected chi connectivity index (χ0v) is 11.9. The molecule has 21 heavy (non-hydrogen) atoms. The summed E-state index contributed by atoms with van der Waals surface area (Å²) in [7, 11) is 0. The molecule has 1 unspecified atom stereocenters. The summed E-state index contributed by atoms with van der Waals surface area (Å²) in [6.45, 7) is 0.270. The van der Waals surface area contributed by atoms with Gasteiger partial charge in [-0.15, -0.1) is 0 Å². The molecule has 0 bridgehead atoms. The predicted molar refractivity (Wildman–Crippen MR) is 81.0 cm³/mol. The molecular formula is C16H14ClNO3. The van der Waals surface area contributed by atoms with E-state index in [9.17, 15) is 4.79 Å². The Labute approximate surface area is 127 Å². The van der Waals surface area contributed by atoms with E-state index in [0.29, 0.717) is 11.4 Å². The normalized spacial score (nSPS) is 16.1. The molecular weight excluding hydrogens is 290 g/mol. The van der Waals surface area contributed by atoms with Gasteiger partial charge in [-0.25, -0.2) is 4.79 Å². The van der Waals surface area contributed by atoms with Crippen molar-refractivity contribution in [3.8, 4) is 16.9 Å². The summed E-state index contributed by atoms with van der Waals surface area (Å²) >= 11 is 6.25. The van der Waals surface area contributed by atoms with E-state index in [1.54, 1.807) is 0 Å². The monoisotopic (exact) mass is 303 g/mol. The highest BCUT2D eigenvalue weighted by Gasteiger charge is 2.26. The summed E-state index contributed by atoms with van der Waals surface area (Å²) in [5.74, 6) is 0.794. The Morgan fingerprint density at radius 2 is 2.00 bits per heavy atom. The van der Waals surface area contributed by atoms with Crippen molar-refractivity contribution in [1.82, 2.24) is 5.32 Å². The Morgan fingerprint density at radius 3 is 2.76 bits per heavy atom. The average molecular weight is 304 g/mol. The third-order valence-corrected chi connectivity index (χ3v) is 3.80. The number of halogens is 1. The Bertz CT molecular complexity index is 687. The fourth-order valence-corrected chi connectivity index (χ4v) is 2.78. The highest BCUT2D eigenvalue weighted by atomic mass is 35.5. The second-order valence-corrected chi connectivity index (χ2v) is 5.31. The molecule has 2 aromatic carbocycles. The Morgan fingerprint density at radius 1 is 1.24 bits per heavy atom. The van der Waals surface area contributed by atoms with Crippen molar-refractivity contribution in [2.75, 3.05) is 6.54 Å². The van der Waals surface area contributed by atoms with Crippen molar-refractivity contribution in [1.29, 1.82) is 0 Å². The Hall–Kier alpha value is -2.20. The minimum atomic E-state index is -1.04. The molecule has 0 fully saturated rings. The first-order valence-corrected chi connectivity index (χ1v) is 7.03. The van der Waals surface area contributed by atoms with Gasteiger partial charge in [0.15, 0.2) is 0 Å². The van der Waals surface area contributed by atoms with Gasteiger partial charge >= 0.3 is 6.09 Å². The van der Waals surface area contributed by atoms with Crippen LogP contribution in [0.4, 0.5) is 4.79 Å². The number of fused-ring (bicyclic) bond motifs is 1. The zero-order valence-electron chi connectivity index (χ0n) is 11.2. The molecule has 2 N–H and O–H groups in total. The Kier molecular flexibility index (Phi) is 3.71. The van der Waals surface area contributed by atoms with Gasteiger partial charge in [0.2, 0.25) is 0 Å². The number of ether oxygens (including phenoxy) is 1. The minimum Gasteiger partial charge on any atom is -0.487 e. The number of nitrogens with one attached hydrogen (secondary N) is 1. The summed E-state index contributed by atoms with van der Waals surface area (Å²) in [4.78, 5) is 10.6. The van der Waals surface area contributed by atoms with E-state index >= 15 is 0 Å². The van der Waals surface area contributed by atoms with Crippen LogP contribution in [0, 0.1) is 0 Å². The van der Waals surface area contributed by atoms with Crippen LogP contribution in [0.25, 0.3) is 11.1 Å². The standard InChI is InChI=1S/C16H14ClNO3/c17-14-7-2-1-5-12(14)13-6-3-4-10-8-11(21-15(10)13)9-18-16(19)20/h1-7,11,18H,8-9H2,(H,19,20). The van der Waals surface area contributed by atoms with Gasteiger partial charge in [0.25, 0.3) is 0 Å². The fourth-order valence-electron chi connectivity index (χ4n) is 2.55. The minimum absolute atomic E-state index is 0.181. The Balaban J connectivity index is 1.90. The van der Waals surface area contributed by atoms with E-state index in [1.165, 1.54) is 0 Å². The molecule has 0 radical (unpaired) electrons.